The van der Waals surface area contributed by atoms with Gasteiger partial charge in [0.05, 0.1) is 6.54 Å². The van der Waals surface area contributed by atoms with Crippen molar-refractivity contribution in [3.63, 3.8) is 0 Å². The number of amides is 1. The van der Waals surface area contributed by atoms with Gasteiger partial charge in [0, 0.05) is 6.54 Å². The maximum Gasteiger partial charge on any atom is 0.234 e. The number of nitrogens with one attached hydrogen (secondary N) is 2. The molecule has 94 valence electrons. The molecule has 0 saturated heterocycles. The summed E-state index contributed by atoms with van der Waals surface area (Å²) in [6.07, 6.45) is 0. The van der Waals surface area contributed by atoms with Gasteiger partial charge in [-0.2, -0.15) is 0 Å². The van der Waals surface area contributed by atoms with Crippen LogP contribution in [0, 0.1) is 12.8 Å². The van der Waals surface area contributed by atoms with E-state index in [1.54, 1.807) is 0 Å². The van der Waals surface area contributed by atoms with E-state index in [1.165, 1.54) is 5.56 Å². The molecule has 0 aliphatic heterocycles. The van der Waals surface area contributed by atoms with Crippen molar-refractivity contribution in [3.05, 3.63) is 35.4 Å². The van der Waals surface area contributed by atoms with Crippen molar-refractivity contribution in [1.29, 1.82) is 0 Å². The first-order valence-corrected chi connectivity index (χ1v) is 6.11. The minimum absolute atomic E-state index is 0.0483. The molecule has 1 aromatic rings. The van der Waals surface area contributed by atoms with Crippen molar-refractivity contribution < 1.29 is 4.79 Å². The van der Waals surface area contributed by atoms with Gasteiger partial charge in [-0.05, 0) is 24.9 Å². The zero-order chi connectivity index (χ0) is 12.7. The van der Waals surface area contributed by atoms with E-state index in [0.29, 0.717) is 19.0 Å². The second-order valence-electron chi connectivity index (χ2n) is 4.79. The lowest BCUT2D eigenvalue weighted by molar-refractivity contribution is -0.120. The third-order valence-electron chi connectivity index (χ3n) is 2.41. The number of rotatable bonds is 6. The Morgan fingerprint density at radius 2 is 2.12 bits per heavy atom. The van der Waals surface area contributed by atoms with E-state index in [-0.39, 0.29) is 5.91 Å². The maximum atomic E-state index is 11.5. The largest absolute Gasteiger partial charge is 0.351 e. The molecule has 0 unspecified atom stereocenters. The van der Waals surface area contributed by atoms with Crippen LogP contribution in [0.5, 0.6) is 0 Å². The van der Waals surface area contributed by atoms with Gasteiger partial charge >= 0.3 is 0 Å². The van der Waals surface area contributed by atoms with E-state index in [4.69, 9.17) is 0 Å². The summed E-state index contributed by atoms with van der Waals surface area (Å²) in [6.45, 7) is 8.16. The Labute approximate surface area is 104 Å². The average Bonchev–Trinajstić information content (AvgIpc) is 2.26. The Kier molecular flexibility index (Phi) is 5.70. The van der Waals surface area contributed by atoms with Crippen molar-refractivity contribution in [2.24, 2.45) is 5.92 Å². The van der Waals surface area contributed by atoms with Crippen LogP contribution in [0.2, 0.25) is 0 Å². The number of hydrogen-bond acceptors (Lipinski definition) is 2. The highest BCUT2D eigenvalue weighted by atomic mass is 16.1. The van der Waals surface area contributed by atoms with E-state index in [1.807, 2.05) is 12.1 Å². The second kappa shape index (κ2) is 7.07. The van der Waals surface area contributed by atoms with Crippen molar-refractivity contribution in [3.8, 4) is 0 Å². The van der Waals surface area contributed by atoms with Gasteiger partial charge < -0.3 is 10.6 Å². The van der Waals surface area contributed by atoms with Crippen LogP contribution < -0.4 is 10.6 Å². The molecule has 1 rings (SSSR count). The Hall–Kier alpha value is -1.35. The maximum absolute atomic E-state index is 11.5. The molecular weight excluding hydrogens is 212 g/mol. The molecule has 0 aliphatic carbocycles. The standard InChI is InChI=1S/C14H22N2O/c1-11(2)8-15-10-14(17)16-9-13-6-4-5-12(3)7-13/h4-7,11,15H,8-10H2,1-3H3,(H,16,17). The smallest absolute Gasteiger partial charge is 0.234 e. The lowest BCUT2D eigenvalue weighted by Gasteiger charge is -2.08. The van der Waals surface area contributed by atoms with E-state index >= 15 is 0 Å². The van der Waals surface area contributed by atoms with Gasteiger partial charge in [-0.25, -0.2) is 0 Å². The molecule has 1 amide bonds. The molecule has 0 spiro atoms. The highest BCUT2D eigenvalue weighted by molar-refractivity contribution is 5.77. The monoisotopic (exact) mass is 234 g/mol. The highest BCUT2D eigenvalue weighted by Gasteiger charge is 2.01. The Morgan fingerprint density at radius 1 is 1.35 bits per heavy atom. The molecule has 0 atom stereocenters. The number of aryl methyl sites for hydroxylation is 1. The molecule has 0 saturated carbocycles. The third kappa shape index (κ3) is 6.07. The first-order chi connectivity index (χ1) is 8.08. The van der Waals surface area contributed by atoms with Crippen LogP contribution in [0.1, 0.15) is 25.0 Å². The van der Waals surface area contributed by atoms with Crippen LogP contribution in [-0.2, 0) is 11.3 Å². The first-order valence-electron chi connectivity index (χ1n) is 6.11. The molecule has 17 heavy (non-hydrogen) atoms. The van der Waals surface area contributed by atoms with E-state index < -0.39 is 0 Å². The SMILES string of the molecule is Cc1cccc(CNC(=O)CNCC(C)C)c1. The van der Waals surface area contributed by atoms with Gasteiger partial charge in [0.2, 0.25) is 5.91 Å². The molecule has 1 aromatic carbocycles. The topological polar surface area (TPSA) is 41.1 Å². The zero-order valence-electron chi connectivity index (χ0n) is 10.9. The van der Waals surface area contributed by atoms with E-state index in [0.717, 1.165) is 12.1 Å². The van der Waals surface area contributed by atoms with Gasteiger partial charge in [0.25, 0.3) is 0 Å². The number of carbonyl (C=O) groups is 1. The van der Waals surface area contributed by atoms with Gasteiger partial charge in [-0.1, -0.05) is 43.7 Å². The van der Waals surface area contributed by atoms with Gasteiger partial charge in [0.15, 0.2) is 0 Å². The third-order valence-corrected chi connectivity index (χ3v) is 2.41. The summed E-state index contributed by atoms with van der Waals surface area (Å²) in [5, 5.41) is 6.02. The molecule has 2 N–H and O–H groups in total. The van der Waals surface area contributed by atoms with Crippen molar-refractivity contribution in [2.75, 3.05) is 13.1 Å². The van der Waals surface area contributed by atoms with Gasteiger partial charge in [0.1, 0.15) is 0 Å². The molecular formula is C14H22N2O. The lowest BCUT2D eigenvalue weighted by Crippen LogP contribution is -2.34. The number of carbonyl (C=O) groups excluding carboxylic acids is 1. The fraction of sp³-hybridized carbons (Fsp3) is 0.500. The Morgan fingerprint density at radius 3 is 2.76 bits per heavy atom. The molecule has 0 aromatic heterocycles. The van der Waals surface area contributed by atoms with Crippen LogP contribution in [-0.4, -0.2) is 19.0 Å². The quantitative estimate of drug-likeness (QED) is 0.789. The molecule has 3 heteroatoms. The summed E-state index contributed by atoms with van der Waals surface area (Å²) in [4.78, 5) is 11.5. The van der Waals surface area contributed by atoms with Crippen molar-refractivity contribution in [1.82, 2.24) is 10.6 Å². The van der Waals surface area contributed by atoms with Crippen LogP contribution in [0.15, 0.2) is 24.3 Å². The normalized spacial score (nSPS) is 10.6. The minimum Gasteiger partial charge on any atom is -0.351 e. The van der Waals surface area contributed by atoms with Gasteiger partial charge in [-0.15, -0.1) is 0 Å². The predicted molar refractivity (Wildman–Crippen MR) is 70.7 cm³/mol. The van der Waals surface area contributed by atoms with Gasteiger partial charge in [-0.3, -0.25) is 4.79 Å². The van der Waals surface area contributed by atoms with Crippen LogP contribution in [0.4, 0.5) is 0 Å². The summed E-state index contributed by atoms with van der Waals surface area (Å²) in [6, 6.07) is 8.17. The zero-order valence-corrected chi connectivity index (χ0v) is 10.9. The van der Waals surface area contributed by atoms with Crippen LogP contribution >= 0.6 is 0 Å². The summed E-state index contributed by atoms with van der Waals surface area (Å²) >= 11 is 0. The van der Waals surface area contributed by atoms with Crippen LogP contribution in [0.3, 0.4) is 0 Å². The summed E-state index contributed by atoms with van der Waals surface area (Å²) in [5.41, 5.74) is 2.36. The van der Waals surface area contributed by atoms with Crippen LogP contribution in [0.25, 0.3) is 0 Å². The molecule has 0 radical (unpaired) electrons. The molecule has 0 fully saturated rings. The lowest BCUT2D eigenvalue weighted by atomic mass is 10.1. The molecule has 3 nitrogen and oxygen atoms in total. The van der Waals surface area contributed by atoms with E-state index in [2.05, 4.69) is 43.5 Å². The Balaban J connectivity index is 2.24. The summed E-state index contributed by atoms with van der Waals surface area (Å²) in [5.74, 6) is 0.617. The fourth-order valence-corrected chi connectivity index (χ4v) is 1.56. The number of hydrogen-bond donors (Lipinski definition) is 2. The number of benzene rings is 1. The van der Waals surface area contributed by atoms with Crippen molar-refractivity contribution >= 4 is 5.91 Å². The fourth-order valence-electron chi connectivity index (χ4n) is 1.56. The second-order valence-corrected chi connectivity index (χ2v) is 4.79. The molecule has 0 bridgehead atoms. The molecule has 0 aliphatic rings. The molecule has 0 heterocycles. The minimum atomic E-state index is 0.0483. The Bertz CT molecular complexity index is 361. The summed E-state index contributed by atoms with van der Waals surface area (Å²) < 4.78 is 0. The highest BCUT2D eigenvalue weighted by Crippen LogP contribution is 2.02. The summed E-state index contributed by atoms with van der Waals surface area (Å²) in [7, 11) is 0. The van der Waals surface area contributed by atoms with E-state index in [9.17, 15) is 4.79 Å². The average molecular weight is 234 g/mol. The predicted octanol–water partition coefficient (Wildman–Crippen LogP) is 1.86. The first kappa shape index (κ1) is 13.7. The van der Waals surface area contributed by atoms with Crippen molar-refractivity contribution in [2.45, 2.75) is 27.3 Å².